The summed E-state index contributed by atoms with van der Waals surface area (Å²) in [5, 5.41) is 12.4. The predicted molar refractivity (Wildman–Crippen MR) is 83.1 cm³/mol. The summed E-state index contributed by atoms with van der Waals surface area (Å²) >= 11 is 5.97. The molecule has 1 aliphatic rings. The molecule has 0 spiro atoms. The van der Waals surface area contributed by atoms with Gasteiger partial charge in [0.15, 0.2) is 0 Å². The molecule has 1 aliphatic carbocycles. The maximum atomic E-state index is 11.8. The second-order valence-electron chi connectivity index (χ2n) is 5.50. The van der Waals surface area contributed by atoms with Gasteiger partial charge in [-0.15, -0.1) is 0 Å². The van der Waals surface area contributed by atoms with Gasteiger partial charge >= 0.3 is 5.97 Å². The van der Waals surface area contributed by atoms with Gasteiger partial charge in [0.25, 0.3) is 0 Å². The SMILES string of the molecule is O=C(CCCOc1ccccc1Cl)N[C@H]1CC[C@@H](C(=O)O)C1. The summed E-state index contributed by atoms with van der Waals surface area (Å²) in [5.74, 6) is -0.540. The average molecular weight is 326 g/mol. The summed E-state index contributed by atoms with van der Waals surface area (Å²) in [6.07, 6.45) is 2.84. The van der Waals surface area contributed by atoms with Gasteiger partial charge in [-0.2, -0.15) is 0 Å². The molecule has 0 radical (unpaired) electrons. The van der Waals surface area contributed by atoms with Gasteiger partial charge in [-0.25, -0.2) is 0 Å². The van der Waals surface area contributed by atoms with Crippen LogP contribution in [-0.2, 0) is 9.59 Å². The van der Waals surface area contributed by atoms with Crippen molar-refractivity contribution in [2.24, 2.45) is 5.92 Å². The van der Waals surface area contributed by atoms with Gasteiger partial charge in [0.2, 0.25) is 5.91 Å². The van der Waals surface area contributed by atoms with Crippen LogP contribution >= 0.6 is 11.6 Å². The molecule has 1 aromatic rings. The van der Waals surface area contributed by atoms with Crippen molar-refractivity contribution >= 4 is 23.5 Å². The molecule has 6 heteroatoms. The van der Waals surface area contributed by atoms with E-state index in [1.165, 1.54) is 0 Å². The Kier molecular flexibility index (Phi) is 6.07. The first-order valence-electron chi connectivity index (χ1n) is 7.45. The third-order valence-corrected chi connectivity index (χ3v) is 4.10. The molecule has 0 aliphatic heterocycles. The number of benzene rings is 1. The van der Waals surface area contributed by atoms with Crippen molar-refractivity contribution in [2.45, 2.75) is 38.1 Å². The third-order valence-electron chi connectivity index (χ3n) is 3.79. The summed E-state index contributed by atoms with van der Waals surface area (Å²) in [6, 6.07) is 7.19. The zero-order valence-electron chi connectivity index (χ0n) is 12.3. The number of amides is 1. The lowest BCUT2D eigenvalue weighted by molar-refractivity contribution is -0.141. The molecule has 0 saturated heterocycles. The topological polar surface area (TPSA) is 75.6 Å². The molecule has 120 valence electrons. The molecule has 1 fully saturated rings. The molecule has 0 bridgehead atoms. The number of para-hydroxylation sites is 1. The number of nitrogens with one attached hydrogen (secondary N) is 1. The number of halogens is 1. The molecule has 2 rings (SSSR count). The highest BCUT2D eigenvalue weighted by atomic mass is 35.5. The van der Waals surface area contributed by atoms with E-state index in [9.17, 15) is 9.59 Å². The van der Waals surface area contributed by atoms with Crippen LogP contribution in [0.5, 0.6) is 5.75 Å². The molecule has 5 nitrogen and oxygen atoms in total. The Bertz CT molecular complexity index is 535. The fraction of sp³-hybridized carbons (Fsp3) is 0.500. The van der Waals surface area contributed by atoms with Crippen LogP contribution in [-0.4, -0.2) is 29.6 Å². The number of carbonyl (C=O) groups excluding carboxylic acids is 1. The number of carboxylic acids is 1. The fourth-order valence-corrected chi connectivity index (χ4v) is 2.80. The Labute approximate surface area is 134 Å². The molecule has 2 N–H and O–H groups in total. The number of carbonyl (C=O) groups is 2. The summed E-state index contributed by atoms with van der Waals surface area (Å²) in [5.41, 5.74) is 0. The molecule has 22 heavy (non-hydrogen) atoms. The lowest BCUT2D eigenvalue weighted by Crippen LogP contribution is -2.33. The van der Waals surface area contributed by atoms with Gasteiger partial charge < -0.3 is 15.2 Å². The van der Waals surface area contributed by atoms with Gasteiger partial charge in [0, 0.05) is 12.5 Å². The minimum Gasteiger partial charge on any atom is -0.492 e. The second-order valence-corrected chi connectivity index (χ2v) is 5.90. The summed E-state index contributed by atoms with van der Waals surface area (Å²) in [7, 11) is 0. The quantitative estimate of drug-likeness (QED) is 0.756. The van der Waals surface area contributed by atoms with Crippen LogP contribution in [0.1, 0.15) is 32.1 Å². The van der Waals surface area contributed by atoms with Gasteiger partial charge in [-0.1, -0.05) is 23.7 Å². The average Bonchev–Trinajstić information content (AvgIpc) is 2.94. The Morgan fingerprint density at radius 3 is 2.77 bits per heavy atom. The van der Waals surface area contributed by atoms with E-state index in [0.29, 0.717) is 43.1 Å². The van der Waals surface area contributed by atoms with Gasteiger partial charge in [0.05, 0.1) is 17.5 Å². The Hall–Kier alpha value is -1.75. The van der Waals surface area contributed by atoms with Crippen LogP contribution in [0.4, 0.5) is 0 Å². The Balaban J connectivity index is 1.62. The highest BCUT2D eigenvalue weighted by molar-refractivity contribution is 6.32. The molecule has 1 amide bonds. The van der Waals surface area contributed by atoms with Crippen molar-refractivity contribution in [3.63, 3.8) is 0 Å². The maximum Gasteiger partial charge on any atom is 0.306 e. The largest absolute Gasteiger partial charge is 0.492 e. The molecule has 0 aromatic heterocycles. The first-order valence-corrected chi connectivity index (χ1v) is 7.83. The smallest absolute Gasteiger partial charge is 0.306 e. The van der Waals surface area contributed by atoms with E-state index >= 15 is 0 Å². The van der Waals surface area contributed by atoms with Crippen LogP contribution in [0.25, 0.3) is 0 Å². The summed E-state index contributed by atoms with van der Waals surface area (Å²) < 4.78 is 5.52. The highest BCUT2D eigenvalue weighted by Crippen LogP contribution is 2.26. The van der Waals surface area contributed by atoms with E-state index in [0.717, 1.165) is 6.42 Å². The van der Waals surface area contributed by atoms with Gasteiger partial charge in [-0.05, 0) is 37.8 Å². The van der Waals surface area contributed by atoms with Gasteiger partial charge in [-0.3, -0.25) is 9.59 Å². The van der Waals surface area contributed by atoms with Crippen LogP contribution in [0.3, 0.4) is 0 Å². The lowest BCUT2D eigenvalue weighted by Gasteiger charge is -2.12. The van der Waals surface area contributed by atoms with Crippen LogP contribution in [0, 0.1) is 5.92 Å². The normalized spacial score (nSPS) is 20.6. The first kappa shape index (κ1) is 16.6. The number of hydrogen-bond donors (Lipinski definition) is 2. The van der Waals surface area contributed by atoms with Crippen molar-refractivity contribution in [2.75, 3.05) is 6.61 Å². The zero-order chi connectivity index (χ0) is 15.9. The van der Waals surface area contributed by atoms with Gasteiger partial charge in [0.1, 0.15) is 5.75 Å². The fourth-order valence-electron chi connectivity index (χ4n) is 2.61. The second kappa shape index (κ2) is 8.03. The number of rotatable bonds is 7. The summed E-state index contributed by atoms with van der Waals surface area (Å²) in [6.45, 7) is 0.416. The van der Waals surface area contributed by atoms with Crippen LogP contribution in [0.15, 0.2) is 24.3 Å². The molecule has 1 aromatic carbocycles. The molecule has 1 saturated carbocycles. The van der Waals surface area contributed by atoms with Crippen LogP contribution < -0.4 is 10.1 Å². The maximum absolute atomic E-state index is 11.8. The zero-order valence-corrected chi connectivity index (χ0v) is 13.0. The standard InChI is InChI=1S/C16H20ClNO4/c17-13-4-1-2-5-14(13)22-9-3-6-15(19)18-12-8-7-11(10-12)16(20)21/h1-2,4-5,11-12H,3,6-10H2,(H,18,19)(H,20,21)/t11-,12+/m1/s1. The molecule has 0 heterocycles. The molecular formula is C16H20ClNO4. The molecule has 2 atom stereocenters. The molecule has 0 unspecified atom stereocenters. The lowest BCUT2D eigenvalue weighted by atomic mass is 10.1. The van der Waals surface area contributed by atoms with Crippen molar-refractivity contribution < 1.29 is 19.4 Å². The van der Waals surface area contributed by atoms with Crippen molar-refractivity contribution in [1.82, 2.24) is 5.32 Å². The monoisotopic (exact) mass is 325 g/mol. The van der Waals surface area contributed by atoms with Crippen molar-refractivity contribution in [3.8, 4) is 5.75 Å². The Morgan fingerprint density at radius 1 is 1.32 bits per heavy atom. The van der Waals surface area contributed by atoms with Crippen LogP contribution in [0.2, 0.25) is 5.02 Å². The minimum absolute atomic E-state index is 0.0157. The molecular weight excluding hydrogens is 306 g/mol. The minimum atomic E-state index is -0.773. The Morgan fingerprint density at radius 2 is 2.09 bits per heavy atom. The predicted octanol–water partition coefficient (Wildman–Crippen LogP) is 2.87. The van der Waals surface area contributed by atoms with E-state index in [4.69, 9.17) is 21.4 Å². The number of carboxylic acid groups (broad SMARTS) is 1. The van der Waals surface area contributed by atoms with E-state index in [1.807, 2.05) is 12.1 Å². The van der Waals surface area contributed by atoms with Crippen molar-refractivity contribution in [1.29, 1.82) is 0 Å². The number of ether oxygens (including phenoxy) is 1. The number of aliphatic carboxylic acids is 1. The third kappa shape index (κ3) is 4.91. The highest BCUT2D eigenvalue weighted by Gasteiger charge is 2.30. The first-order chi connectivity index (χ1) is 10.6. The van der Waals surface area contributed by atoms with Crippen molar-refractivity contribution in [3.05, 3.63) is 29.3 Å². The van der Waals surface area contributed by atoms with E-state index in [-0.39, 0.29) is 17.9 Å². The summed E-state index contributed by atoms with van der Waals surface area (Å²) in [4.78, 5) is 22.7. The van der Waals surface area contributed by atoms with E-state index in [2.05, 4.69) is 5.32 Å². The number of hydrogen-bond acceptors (Lipinski definition) is 3. The van der Waals surface area contributed by atoms with E-state index in [1.54, 1.807) is 12.1 Å². The van der Waals surface area contributed by atoms with E-state index < -0.39 is 5.97 Å².